The molecule has 0 spiro atoms. The highest BCUT2D eigenvalue weighted by molar-refractivity contribution is 7.13. The minimum absolute atomic E-state index is 0.0312. The standard InChI is InChI=1S/C17H18ClN3O3S/c18-13-10-12(11-14-15(13)24-8-1-7-23-14)16(22)20-3-5-21(6-4-20)17-19-2-9-25-17/h2,9-11H,1,3-8H2. The Morgan fingerprint density at radius 3 is 2.72 bits per heavy atom. The van der Waals surface area contributed by atoms with E-state index in [0.29, 0.717) is 48.4 Å². The van der Waals surface area contributed by atoms with Crippen molar-refractivity contribution in [2.75, 3.05) is 44.3 Å². The summed E-state index contributed by atoms with van der Waals surface area (Å²) >= 11 is 7.92. The molecule has 0 atom stereocenters. The number of hydrogen-bond donors (Lipinski definition) is 0. The summed E-state index contributed by atoms with van der Waals surface area (Å²) in [5.74, 6) is 1.05. The number of carbonyl (C=O) groups is 1. The van der Waals surface area contributed by atoms with E-state index < -0.39 is 0 Å². The summed E-state index contributed by atoms with van der Waals surface area (Å²) in [6, 6.07) is 3.41. The normalized spacial score (nSPS) is 17.3. The number of ether oxygens (including phenoxy) is 2. The molecule has 1 amide bonds. The molecule has 132 valence electrons. The van der Waals surface area contributed by atoms with Gasteiger partial charge in [0.05, 0.1) is 18.2 Å². The molecule has 8 heteroatoms. The van der Waals surface area contributed by atoms with E-state index >= 15 is 0 Å². The Balaban J connectivity index is 1.48. The Bertz CT molecular complexity index is 761. The van der Waals surface area contributed by atoms with Gasteiger partial charge in [0.15, 0.2) is 16.6 Å². The van der Waals surface area contributed by atoms with E-state index in [1.807, 2.05) is 10.3 Å². The Morgan fingerprint density at radius 2 is 1.96 bits per heavy atom. The van der Waals surface area contributed by atoms with Gasteiger partial charge in [0.25, 0.3) is 5.91 Å². The smallest absolute Gasteiger partial charge is 0.254 e. The first-order valence-corrected chi connectivity index (χ1v) is 9.51. The summed E-state index contributed by atoms with van der Waals surface area (Å²) < 4.78 is 11.3. The fourth-order valence-electron chi connectivity index (χ4n) is 3.01. The van der Waals surface area contributed by atoms with Gasteiger partial charge in [0.2, 0.25) is 0 Å². The molecule has 6 nitrogen and oxygen atoms in total. The molecule has 0 aliphatic carbocycles. The molecule has 2 aliphatic heterocycles. The van der Waals surface area contributed by atoms with E-state index in [0.717, 1.165) is 24.6 Å². The van der Waals surface area contributed by atoms with Crippen LogP contribution in [-0.2, 0) is 0 Å². The van der Waals surface area contributed by atoms with Crippen LogP contribution in [0.1, 0.15) is 16.8 Å². The summed E-state index contributed by atoms with van der Waals surface area (Å²) in [6.45, 7) is 4.00. The van der Waals surface area contributed by atoms with E-state index in [4.69, 9.17) is 21.1 Å². The van der Waals surface area contributed by atoms with Gasteiger partial charge >= 0.3 is 0 Å². The summed E-state index contributed by atoms with van der Waals surface area (Å²) in [5, 5.41) is 3.39. The van der Waals surface area contributed by atoms with Gasteiger partial charge in [-0.2, -0.15) is 0 Å². The van der Waals surface area contributed by atoms with Gasteiger partial charge < -0.3 is 19.3 Å². The largest absolute Gasteiger partial charge is 0.489 e. The van der Waals surface area contributed by atoms with Crippen LogP contribution >= 0.6 is 22.9 Å². The molecule has 0 unspecified atom stereocenters. The first-order chi connectivity index (χ1) is 12.2. The summed E-state index contributed by atoms with van der Waals surface area (Å²) in [6.07, 6.45) is 2.60. The maximum absolute atomic E-state index is 12.9. The zero-order valence-corrected chi connectivity index (χ0v) is 15.2. The minimum Gasteiger partial charge on any atom is -0.489 e. The molecule has 0 N–H and O–H groups in total. The first kappa shape index (κ1) is 16.5. The average molecular weight is 380 g/mol. The van der Waals surface area contributed by atoms with E-state index in [1.54, 1.807) is 29.7 Å². The number of carbonyl (C=O) groups excluding carboxylic acids is 1. The number of thiazole rings is 1. The summed E-state index contributed by atoms with van der Waals surface area (Å²) in [7, 11) is 0. The molecule has 2 aromatic rings. The highest BCUT2D eigenvalue weighted by Gasteiger charge is 2.25. The van der Waals surface area contributed by atoms with Crippen molar-refractivity contribution in [1.82, 2.24) is 9.88 Å². The van der Waals surface area contributed by atoms with Crippen molar-refractivity contribution in [2.45, 2.75) is 6.42 Å². The van der Waals surface area contributed by atoms with Crippen LogP contribution in [-0.4, -0.2) is 55.2 Å². The Labute approximate surface area is 154 Å². The first-order valence-electron chi connectivity index (χ1n) is 8.25. The monoisotopic (exact) mass is 379 g/mol. The number of nitrogens with zero attached hydrogens (tertiary/aromatic N) is 3. The molecule has 1 aromatic carbocycles. The highest BCUT2D eigenvalue weighted by atomic mass is 35.5. The van der Waals surface area contributed by atoms with Crippen molar-refractivity contribution >= 4 is 34.0 Å². The number of amides is 1. The van der Waals surface area contributed by atoms with E-state index in [1.165, 1.54) is 0 Å². The number of benzene rings is 1. The molecule has 3 heterocycles. The van der Waals surface area contributed by atoms with Gasteiger partial charge in [-0.3, -0.25) is 4.79 Å². The van der Waals surface area contributed by atoms with Crippen LogP contribution in [0, 0.1) is 0 Å². The Kier molecular flexibility index (Phi) is 4.67. The Morgan fingerprint density at radius 1 is 1.16 bits per heavy atom. The molecule has 25 heavy (non-hydrogen) atoms. The van der Waals surface area contributed by atoms with Crippen molar-refractivity contribution in [3.05, 3.63) is 34.3 Å². The van der Waals surface area contributed by atoms with Crippen LogP contribution in [0.15, 0.2) is 23.7 Å². The lowest BCUT2D eigenvalue weighted by Crippen LogP contribution is -2.48. The lowest BCUT2D eigenvalue weighted by Gasteiger charge is -2.34. The van der Waals surface area contributed by atoms with Crippen molar-refractivity contribution < 1.29 is 14.3 Å². The molecule has 1 saturated heterocycles. The van der Waals surface area contributed by atoms with Crippen LogP contribution in [0.25, 0.3) is 0 Å². The number of piperazine rings is 1. The fraction of sp³-hybridized carbons (Fsp3) is 0.412. The van der Waals surface area contributed by atoms with E-state index in [-0.39, 0.29) is 5.91 Å². The second-order valence-corrected chi connectivity index (χ2v) is 7.21. The number of fused-ring (bicyclic) bond motifs is 1. The number of hydrogen-bond acceptors (Lipinski definition) is 6. The molecular weight excluding hydrogens is 362 g/mol. The van der Waals surface area contributed by atoms with Crippen molar-refractivity contribution in [3.63, 3.8) is 0 Å². The maximum atomic E-state index is 12.9. The topological polar surface area (TPSA) is 54.9 Å². The highest BCUT2D eigenvalue weighted by Crippen LogP contribution is 2.38. The number of anilines is 1. The Hall–Kier alpha value is -1.99. The molecule has 1 aromatic heterocycles. The molecule has 2 aliphatic rings. The third kappa shape index (κ3) is 3.39. The second kappa shape index (κ2) is 7.09. The third-order valence-corrected chi connectivity index (χ3v) is 5.42. The summed E-state index contributed by atoms with van der Waals surface area (Å²) in [5.41, 5.74) is 0.539. The number of aromatic nitrogens is 1. The van der Waals surface area contributed by atoms with Crippen molar-refractivity contribution in [3.8, 4) is 11.5 Å². The molecule has 1 fully saturated rings. The lowest BCUT2D eigenvalue weighted by atomic mass is 10.1. The average Bonchev–Trinajstić information content (AvgIpc) is 3.06. The van der Waals surface area contributed by atoms with Gasteiger partial charge in [-0.25, -0.2) is 4.98 Å². The van der Waals surface area contributed by atoms with Crippen molar-refractivity contribution in [2.24, 2.45) is 0 Å². The molecule has 0 radical (unpaired) electrons. The minimum atomic E-state index is -0.0312. The van der Waals surface area contributed by atoms with Crippen LogP contribution in [0.4, 0.5) is 5.13 Å². The van der Waals surface area contributed by atoms with E-state index in [2.05, 4.69) is 9.88 Å². The van der Waals surface area contributed by atoms with Gasteiger partial charge in [0, 0.05) is 49.7 Å². The maximum Gasteiger partial charge on any atom is 0.254 e. The van der Waals surface area contributed by atoms with Crippen LogP contribution < -0.4 is 14.4 Å². The number of rotatable bonds is 2. The quantitative estimate of drug-likeness (QED) is 0.803. The van der Waals surface area contributed by atoms with Crippen molar-refractivity contribution in [1.29, 1.82) is 0 Å². The second-order valence-electron chi connectivity index (χ2n) is 5.93. The predicted octanol–water partition coefficient (Wildman–Crippen LogP) is 2.92. The van der Waals surface area contributed by atoms with Gasteiger partial charge in [-0.15, -0.1) is 11.3 Å². The van der Waals surface area contributed by atoms with Crippen LogP contribution in [0.5, 0.6) is 11.5 Å². The van der Waals surface area contributed by atoms with Gasteiger partial charge in [-0.05, 0) is 12.1 Å². The number of halogens is 1. The zero-order chi connectivity index (χ0) is 17.2. The van der Waals surface area contributed by atoms with Gasteiger partial charge in [-0.1, -0.05) is 11.6 Å². The lowest BCUT2D eigenvalue weighted by molar-refractivity contribution is 0.0746. The van der Waals surface area contributed by atoms with Crippen LogP contribution in [0.3, 0.4) is 0 Å². The predicted molar refractivity (Wildman–Crippen MR) is 97.3 cm³/mol. The molecule has 0 saturated carbocycles. The SMILES string of the molecule is O=C(c1cc(Cl)c2c(c1)OCCCO2)N1CCN(c2nccs2)CC1. The fourth-order valence-corrected chi connectivity index (χ4v) is 3.97. The molecule has 0 bridgehead atoms. The summed E-state index contributed by atoms with van der Waals surface area (Å²) in [4.78, 5) is 21.2. The van der Waals surface area contributed by atoms with Gasteiger partial charge in [0.1, 0.15) is 0 Å². The van der Waals surface area contributed by atoms with Crippen LogP contribution in [0.2, 0.25) is 5.02 Å². The molecule has 4 rings (SSSR count). The molecular formula is C17H18ClN3O3S. The third-order valence-electron chi connectivity index (χ3n) is 4.31. The zero-order valence-electron chi connectivity index (χ0n) is 13.6. The van der Waals surface area contributed by atoms with E-state index in [9.17, 15) is 4.79 Å².